The van der Waals surface area contributed by atoms with E-state index in [1.807, 2.05) is 18.2 Å². The molecule has 2 heterocycles. The number of hydrogen-bond acceptors (Lipinski definition) is 3. The number of rotatable bonds is 4. The lowest BCUT2D eigenvalue weighted by Crippen LogP contribution is -2.44. The lowest BCUT2D eigenvalue weighted by atomic mass is 9.88. The van der Waals surface area contributed by atoms with Gasteiger partial charge in [0.15, 0.2) is 5.78 Å². The predicted octanol–water partition coefficient (Wildman–Crippen LogP) is 3.15. The molecule has 0 aromatic heterocycles. The van der Waals surface area contributed by atoms with E-state index in [0.29, 0.717) is 37.4 Å². The molecule has 1 aromatic carbocycles. The molecule has 2 aliphatic heterocycles. The highest BCUT2D eigenvalue weighted by molar-refractivity contribution is 6.18. The topological polar surface area (TPSA) is 69.6 Å². The molecule has 0 radical (unpaired) electrons. The number of fused-ring (bicyclic) bond motifs is 3. The summed E-state index contributed by atoms with van der Waals surface area (Å²) >= 11 is 5.67. The average Bonchev–Trinajstić information content (AvgIpc) is 2.90. The first-order valence-electron chi connectivity index (χ1n) is 7.58. The fraction of sp³-hybridized carbons (Fsp3) is 0.500. The fourth-order valence-electron chi connectivity index (χ4n) is 3.43. The molecule has 2 N–H and O–H groups in total. The third-order valence-electron chi connectivity index (χ3n) is 4.55. The van der Waals surface area contributed by atoms with Crippen LogP contribution in [0.4, 0.5) is 10.5 Å². The van der Waals surface area contributed by atoms with Crippen molar-refractivity contribution in [1.82, 2.24) is 4.90 Å². The molecule has 1 saturated heterocycles. The molecule has 0 saturated carbocycles. The van der Waals surface area contributed by atoms with Gasteiger partial charge >= 0.3 is 6.09 Å². The number of carboxylic acid groups (broad SMARTS) is 1. The number of carbonyl (C=O) groups is 2. The Labute approximate surface area is 134 Å². The lowest BCUT2D eigenvalue weighted by Gasteiger charge is -2.33. The number of benzene rings is 1. The third-order valence-corrected chi connectivity index (χ3v) is 4.81. The van der Waals surface area contributed by atoms with Gasteiger partial charge in [-0.3, -0.25) is 4.79 Å². The van der Waals surface area contributed by atoms with Crippen molar-refractivity contribution in [1.29, 1.82) is 0 Å². The van der Waals surface area contributed by atoms with Crippen LogP contribution in [0.2, 0.25) is 0 Å². The van der Waals surface area contributed by atoms with E-state index in [-0.39, 0.29) is 17.7 Å². The molecule has 5 nitrogen and oxygen atoms in total. The molecule has 1 aromatic rings. The number of alkyl halides is 1. The molecule has 22 heavy (non-hydrogen) atoms. The normalized spacial score (nSPS) is 22.7. The van der Waals surface area contributed by atoms with Crippen molar-refractivity contribution < 1.29 is 14.7 Å². The first-order chi connectivity index (χ1) is 10.6. The molecule has 2 aliphatic rings. The molecule has 2 atom stereocenters. The van der Waals surface area contributed by atoms with Gasteiger partial charge in [0.2, 0.25) is 0 Å². The summed E-state index contributed by atoms with van der Waals surface area (Å²) in [6.07, 6.45) is 1.00. The van der Waals surface area contributed by atoms with E-state index in [4.69, 9.17) is 11.6 Å². The Kier molecular flexibility index (Phi) is 4.25. The number of nitrogens with zero attached hydrogens (tertiary/aromatic N) is 1. The molecule has 118 valence electrons. The summed E-state index contributed by atoms with van der Waals surface area (Å²) in [6, 6.07) is 5.94. The fourth-order valence-corrected chi connectivity index (χ4v) is 3.57. The Morgan fingerprint density at radius 2 is 2.23 bits per heavy atom. The number of nitrogens with one attached hydrogen (secondary N) is 1. The van der Waals surface area contributed by atoms with Crippen LogP contribution in [-0.4, -0.2) is 46.9 Å². The maximum atomic E-state index is 12.3. The summed E-state index contributed by atoms with van der Waals surface area (Å²) in [5, 5.41) is 12.6. The standard InChI is InChI=1S/C16H19ClN2O3/c17-7-2-5-14(20)11-4-1-3-10-12-9-19(16(21)22)8-6-13(12)18-15(10)11/h1,3-4,12-13,18H,2,5-9H2,(H,21,22). The molecule has 2 unspecified atom stereocenters. The summed E-state index contributed by atoms with van der Waals surface area (Å²) < 4.78 is 0. The zero-order chi connectivity index (χ0) is 15.7. The van der Waals surface area contributed by atoms with Crippen molar-refractivity contribution in [3.63, 3.8) is 0 Å². The molecule has 0 bridgehead atoms. The summed E-state index contributed by atoms with van der Waals surface area (Å²) in [6.45, 7) is 1.02. The van der Waals surface area contributed by atoms with Gasteiger partial charge in [0, 0.05) is 48.6 Å². The Morgan fingerprint density at radius 1 is 1.41 bits per heavy atom. The van der Waals surface area contributed by atoms with E-state index in [9.17, 15) is 14.7 Å². The Hall–Kier alpha value is -1.75. The number of hydrogen-bond donors (Lipinski definition) is 2. The number of likely N-dealkylation sites (tertiary alicyclic amines) is 1. The van der Waals surface area contributed by atoms with E-state index in [1.165, 1.54) is 4.90 Å². The lowest BCUT2D eigenvalue weighted by molar-refractivity contribution is 0.0982. The van der Waals surface area contributed by atoms with Crippen LogP contribution in [0, 0.1) is 0 Å². The van der Waals surface area contributed by atoms with Gasteiger partial charge in [0.25, 0.3) is 0 Å². The smallest absolute Gasteiger partial charge is 0.407 e. The Balaban J connectivity index is 1.86. The van der Waals surface area contributed by atoms with Crippen molar-refractivity contribution in [2.24, 2.45) is 0 Å². The number of halogens is 1. The minimum Gasteiger partial charge on any atom is -0.465 e. The quantitative estimate of drug-likeness (QED) is 0.660. The molecule has 3 rings (SSSR count). The number of piperidine rings is 1. The van der Waals surface area contributed by atoms with Crippen LogP contribution >= 0.6 is 11.6 Å². The molecule has 1 fully saturated rings. The van der Waals surface area contributed by atoms with Crippen LogP contribution < -0.4 is 5.32 Å². The SMILES string of the molecule is O=C(CCCCl)c1cccc2c1NC1CCN(C(=O)O)CC21. The molecule has 0 spiro atoms. The highest BCUT2D eigenvalue weighted by Gasteiger charge is 2.39. The Morgan fingerprint density at radius 3 is 2.95 bits per heavy atom. The van der Waals surface area contributed by atoms with Gasteiger partial charge in [-0.15, -0.1) is 11.6 Å². The zero-order valence-corrected chi connectivity index (χ0v) is 13.0. The summed E-state index contributed by atoms with van der Waals surface area (Å²) in [4.78, 5) is 25.0. The predicted molar refractivity (Wildman–Crippen MR) is 85.1 cm³/mol. The van der Waals surface area contributed by atoms with E-state index in [1.54, 1.807) is 0 Å². The summed E-state index contributed by atoms with van der Waals surface area (Å²) in [5.41, 5.74) is 2.66. The second-order valence-electron chi connectivity index (χ2n) is 5.86. The van der Waals surface area contributed by atoms with Gasteiger partial charge in [-0.1, -0.05) is 12.1 Å². The van der Waals surface area contributed by atoms with Crippen LogP contribution in [0.1, 0.15) is 41.1 Å². The minimum atomic E-state index is -0.874. The largest absolute Gasteiger partial charge is 0.465 e. The number of anilines is 1. The Bertz CT molecular complexity index is 605. The molecule has 0 aliphatic carbocycles. The van der Waals surface area contributed by atoms with Crippen LogP contribution in [0.25, 0.3) is 0 Å². The van der Waals surface area contributed by atoms with Crippen molar-refractivity contribution in [3.05, 3.63) is 29.3 Å². The highest BCUT2D eigenvalue weighted by Crippen LogP contribution is 2.42. The molecular weight excluding hydrogens is 304 g/mol. The summed E-state index contributed by atoms with van der Waals surface area (Å²) in [5.74, 6) is 0.701. The van der Waals surface area contributed by atoms with E-state index in [0.717, 1.165) is 17.7 Å². The maximum absolute atomic E-state index is 12.3. The second kappa shape index (κ2) is 6.16. The first-order valence-corrected chi connectivity index (χ1v) is 8.11. The summed E-state index contributed by atoms with van der Waals surface area (Å²) in [7, 11) is 0. The molecular formula is C16H19ClN2O3. The van der Waals surface area contributed by atoms with Crippen molar-refractivity contribution >= 4 is 29.2 Å². The number of amides is 1. The number of ketones is 1. The molecule has 6 heteroatoms. The third kappa shape index (κ3) is 2.65. The maximum Gasteiger partial charge on any atom is 0.407 e. The number of Topliss-reactive ketones (excluding diaryl/α,β-unsaturated/α-hetero) is 1. The van der Waals surface area contributed by atoms with Gasteiger partial charge in [-0.25, -0.2) is 4.79 Å². The van der Waals surface area contributed by atoms with Crippen LogP contribution in [0.3, 0.4) is 0 Å². The first kappa shape index (κ1) is 15.2. The van der Waals surface area contributed by atoms with Crippen molar-refractivity contribution in [2.45, 2.75) is 31.2 Å². The molecule has 1 amide bonds. The van der Waals surface area contributed by atoms with E-state index in [2.05, 4.69) is 5.32 Å². The van der Waals surface area contributed by atoms with Crippen molar-refractivity contribution in [3.8, 4) is 0 Å². The van der Waals surface area contributed by atoms with Gasteiger partial charge in [-0.05, 0) is 24.5 Å². The highest BCUT2D eigenvalue weighted by atomic mass is 35.5. The van der Waals surface area contributed by atoms with Crippen molar-refractivity contribution in [2.75, 3.05) is 24.3 Å². The van der Waals surface area contributed by atoms with E-state index >= 15 is 0 Å². The second-order valence-corrected chi connectivity index (χ2v) is 6.24. The monoisotopic (exact) mass is 322 g/mol. The van der Waals surface area contributed by atoms with Crippen LogP contribution in [0.5, 0.6) is 0 Å². The van der Waals surface area contributed by atoms with Crippen LogP contribution in [-0.2, 0) is 0 Å². The van der Waals surface area contributed by atoms with Gasteiger partial charge in [0.05, 0.1) is 0 Å². The number of carbonyl (C=O) groups excluding carboxylic acids is 1. The number of para-hydroxylation sites is 1. The zero-order valence-electron chi connectivity index (χ0n) is 12.2. The van der Waals surface area contributed by atoms with Gasteiger partial charge in [-0.2, -0.15) is 0 Å². The van der Waals surface area contributed by atoms with Gasteiger partial charge in [0.1, 0.15) is 0 Å². The van der Waals surface area contributed by atoms with Gasteiger partial charge < -0.3 is 15.3 Å². The minimum absolute atomic E-state index is 0.0961. The average molecular weight is 323 g/mol. The van der Waals surface area contributed by atoms with E-state index < -0.39 is 6.09 Å². The van der Waals surface area contributed by atoms with Crippen LogP contribution in [0.15, 0.2) is 18.2 Å².